The second-order valence-corrected chi connectivity index (χ2v) is 6.72. The van der Waals surface area contributed by atoms with E-state index in [4.69, 9.17) is 0 Å². The molecule has 0 aliphatic heterocycles. The van der Waals surface area contributed by atoms with Crippen molar-refractivity contribution in [1.29, 1.82) is 0 Å². The number of unbranched alkanes of at least 4 members (excludes halogenated alkanes) is 2. The predicted octanol–water partition coefficient (Wildman–Crippen LogP) is 3.07. The molecule has 25 heavy (non-hydrogen) atoms. The maximum Gasteiger partial charge on any atom is 0.220 e. The summed E-state index contributed by atoms with van der Waals surface area (Å²) in [5.74, 6) is 1.07. The number of carbonyl (C=O) groups excluding carboxylic acids is 2. The molecular formula is C19H28N4O2. The largest absolute Gasteiger partial charge is 0.356 e. The summed E-state index contributed by atoms with van der Waals surface area (Å²) < 4.78 is 0. The van der Waals surface area contributed by atoms with E-state index < -0.39 is 0 Å². The van der Waals surface area contributed by atoms with Crippen molar-refractivity contribution >= 4 is 22.8 Å². The van der Waals surface area contributed by atoms with Crippen LogP contribution in [0.1, 0.15) is 58.3 Å². The predicted molar refractivity (Wildman–Crippen MR) is 99.0 cm³/mol. The van der Waals surface area contributed by atoms with Crippen LogP contribution < -0.4 is 10.6 Å². The third-order valence-electron chi connectivity index (χ3n) is 4.14. The summed E-state index contributed by atoms with van der Waals surface area (Å²) in [4.78, 5) is 31.0. The van der Waals surface area contributed by atoms with Gasteiger partial charge in [0.15, 0.2) is 0 Å². The van der Waals surface area contributed by atoms with Gasteiger partial charge in [0.25, 0.3) is 0 Å². The summed E-state index contributed by atoms with van der Waals surface area (Å²) in [6, 6.07) is 7.74. The lowest BCUT2D eigenvalue weighted by Gasteiger charge is -2.20. The molecule has 2 amide bonds. The first-order valence-corrected chi connectivity index (χ1v) is 8.96. The van der Waals surface area contributed by atoms with Gasteiger partial charge < -0.3 is 15.6 Å². The van der Waals surface area contributed by atoms with Crippen LogP contribution in [0.5, 0.6) is 0 Å². The molecule has 0 saturated carbocycles. The fourth-order valence-electron chi connectivity index (χ4n) is 2.77. The molecule has 136 valence electrons. The number of imidazole rings is 1. The van der Waals surface area contributed by atoms with E-state index in [1.165, 1.54) is 6.92 Å². The second kappa shape index (κ2) is 9.20. The minimum Gasteiger partial charge on any atom is -0.356 e. The number of rotatable bonds is 9. The van der Waals surface area contributed by atoms with Gasteiger partial charge in [-0.1, -0.05) is 32.4 Å². The monoisotopic (exact) mass is 344 g/mol. The number of benzene rings is 1. The first-order valence-electron chi connectivity index (χ1n) is 8.96. The molecule has 2 rings (SSSR count). The van der Waals surface area contributed by atoms with Crippen molar-refractivity contribution in [2.45, 2.75) is 52.5 Å². The van der Waals surface area contributed by atoms with Crippen LogP contribution in [0.25, 0.3) is 11.0 Å². The van der Waals surface area contributed by atoms with E-state index in [2.05, 4.69) is 34.4 Å². The Kier molecular flexibility index (Phi) is 6.98. The number of H-pyrrole nitrogens is 1. The Morgan fingerprint density at radius 2 is 1.92 bits per heavy atom. The summed E-state index contributed by atoms with van der Waals surface area (Å²) in [6.45, 7) is 6.33. The fourth-order valence-corrected chi connectivity index (χ4v) is 2.77. The minimum absolute atomic E-state index is 0.0108. The number of carbonyl (C=O) groups is 2. The summed E-state index contributed by atoms with van der Waals surface area (Å²) in [6.07, 6.45) is 3.12. The Labute approximate surface area is 148 Å². The Morgan fingerprint density at radius 1 is 1.16 bits per heavy atom. The number of para-hydroxylation sites is 2. The van der Waals surface area contributed by atoms with Crippen LogP contribution in [-0.4, -0.2) is 28.3 Å². The molecule has 1 atom stereocenters. The van der Waals surface area contributed by atoms with Crippen molar-refractivity contribution < 1.29 is 9.59 Å². The maximum absolute atomic E-state index is 12.3. The molecule has 6 heteroatoms. The molecule has 1 heterocycles. The molecular weight excluding hydrogens is 316 g/mol. The smallest absolute Gasteiger partial charge is 0.220 e. The van der Waals surface area contributed by atoms with E-state index in [-0.39, 0.29) is 23.8 Å². The highest BCUT2D eigenvalue weighted by atomic mass is 16.2. The fraction of sp³-hybridized carbons (Fsp3) is 0.526. The maximum atomic E-state index is 12.3. The zero-order valence-corrected chi connectivity index (χ0v) is 15.3. The van der Waals surface area contributed by atoms with Gasteiger partial charge in [-0.25, -0.2) is 4.98 Å². The lowest BCUT2D eigenvalue weighted by atomic mass is 10.0. The highest BCUT2D eigenvalue weighted by molar-refractivity contribution is 5.77. The number of hydrogen-bond acceptors (Lipinski definition) is 3. The summed E-state index contributed by atoms with van der Waals surface area (Å²) in [5, 5.41) is 5.86. The minimum atomic E-state index is -0.126. The van der Waals surface area contributed by atoms with E-state index >= 15 is 0 Å². The van der Waals surface area contributed by atoms with Crippen LogP contribution >= 0.6 is 0 Å². The van der Waals surface area contributed by atoms with Crippen LogP contribution in [0.2, 0.25) is 0 Å². The van der Waals surface area contributed by atoms with Crippen molar-refractivity contribution in [1.82, 2.24) is 20.6 Å². The zero-order chi connectivity index (χ0) is 18.2. The van der Waals surface area contributed by atoms with E-state index in [0.29, 0.717) is 13.0 Å². The number of fused-ring (bicyclic) bond motifs is 1. The number of aromatic amines is 1. The topological polar surface area (TPSA) is 86.9 Å². The quantitative estimate of drug-likeness (QED) is 0.611. The third-order valence-corrected chi connectivity index (χ3v) is 4.14. The normalized spacial score (nSPS) is 12.3. The van der Waals surface area contributed by atoms with Gasteiger partial charge in [0, 0.05) is 19.9 Å². The number of nitrogens with zero attached hydrogens (tertiary/aromatic N) is 1. The van der Waals surface area contributed by atoms with Gasteiger partial charge >= 0.3 is 0 Å². The summed E-state index contributed by atoms with van der Waals surface area (Å²) >= 11 is 0. The molecule has 1 unspecified atom stereocenters. The lowest BCUT2D eigenvalue weighted by molar-refractivity contribution is -0.122. The molecule has 6 nitrogen and oxygen atoms in total. The van der Waals surface area contributed by atoms with Gasteiger partial charge in [-0.05, 0) is 30.9 Å². The van der Waals surface area contributed by atoms with E-state index in [0.717, 1.165) is 36.1 Å². The molecule has 0 aliphatic rings. The first-order chi connectivity index (χ1) is 12.0. The zero-order valence-electron chi connectivity index (χ0n) is 15.3. The Hall–Kier alpha value is -2.37. The highest BCUT2D eigenvalue weighted by Gasteiger charge is 2.21. The molecule has 1 aromatic carbocycles. The molecule has 0 bridgehead atoms. The lowest BCUT2D eigenvalue weighted by Crippen LogP contribution is -2.32. The van der Waals surface area contributed by atoms with Crippen LogP contribution in [0.15, 0.2) is 24.3 Å². The SMILES string of the molecule is CC(=O)NCCCCCC(=O)NC(c1nc2ccccc2[nH]1)C(C)C. The Morgan fingerprint density at radius 3 is 2.60 bits per heavy atom. The van der Waals surface area contributed by atoms with Gasteiger partial charge in [0.2, 0.25) is 11.8 Å². The third kappa shape index (κ3) is 5.89. The Balaban J connectivity index is 1.84. The second-order valence-electron chi connectivity index (χ2n) is 6.72. The number of nitrogens with one attached hydrogen (secondary N) is 3. The molecule has 2 aromatic rings. The van der Waals surface area contributed by atoms with Crippen LogP contribution in [-0.2, 0) is 9.59 Å². The average molecular weight is 344 g/mol. The molecule has 0 radical (unpaired) electrons. The van der Waals surface area contributed by atoms with E-state index in [1.807, 2.05) is 24.3 Å². The van der Waals surface area contributed by atoms with Crippen LogP contribution in [0, 0.1) is 5.92 Å². The molecule has 0 saturated heterocycles. The van der Waals surface area contributed by atoms with Crippen LogP contribution in [0.4, 0.5) is 0 Å². The molecule has 0 aliphatic carbocycles. The van der Waals surface area contributed by atoms with Gasteiger partial charge in [0.05, 0.1) is 17.1 Å². The van der Waals surface area contributed by atoms with Gasteiger partial charge in [-0.3, -0.25) is 9.59 Å². The molecule has 0 spiro atoms. The summed E-state index contributed by atoms with van der Waals surface area (Å²) in [7, 11) is 0. The van der Waals surface area contributed by atoms with Gasteiger partial charge in [-0.15, -0.1) is 0 Å². The van der Waals surface area contributed by atoms with Crippen molar-refractivity contribution in [3.05, 3.63) is 30.1 Å². The van der Waals surface area contributed by atoms with Gasteiger partial charge in [0.1, 0.15) is 5.82 Å². The van der Waals surface area contributed by atoms with Crippen molar-refractivity contribution in [3.63, 3.8) is 0 Å². The van der Waals surface area contributed by atoms with Crippen LogP contribution in [0.3, 0.4) is 0 Å². The van der Waals surface area contributed by atoms with Crippen molar-refractivity contribution in [2.24, 2.45) is 5.92 Å². The summed E-state index contributed by atoms with van der Waals surface area (Å²) in [5.41, 5.74) is 1.89. The van der Waals surface area contributed by atoms with Crippen molar-refractivity contribution in [2.75, 3.05) is 6.54 Å². The first kappa shape index (κ1) is 19.0. The van der Waals surface area contributed by atoms with Crippen molar-refractivity contribution in [3.8, 4) is 0 Å². The number of hydrogen-bond donors (Lipinski definition) is 3. The average Bonchev–Trinajstić information content (AvgIpc) is 2.98. The number of aromatic nitrogens is 2. The molecule has 3 N–H and O–H groups in total. The van der Waals surface area contributed by atoms with E-state index in [9.17, 15) is 9.59 Å². The highest BCUT2D eigenvalue weighted by Crippen LogP contribution is 2.22. The van der Waals surface area contributed by atoms with Gasteiger partial charge in [-0.2, -0.15) is 0 Å². The molecule has 1 aromatic heterocycles. The number of amides is 2. The standard InChI is InChI=1S/C19H28N4O2/c1-13(2)18(19-21-15-9-6-7-10-16(15)22-19)23-17(25)11-5-4-8-12-20-14(3)24/h6-7,9-10,13,18H,4-5,8,11-12H2,1-3H3,(H,20,24)(H,21,22)(H,23,25). The molecule has 0 fully saturated rings. The Bertz CT molecular complexity index is 675. The van der Waals surface area contributed by atoms with E-state index in [1.54, 1.807) is 0 Å².